The van der Waals surface area contributed by atoms with Crippen LogP contribution in [0.4, 0.5) is 0 Å². The van der Waals surface area contributed by atoms with Crippen LogP contribution in [0.1, 0.15) is 29.6 Å². The van der Waals surface area contributed by atoms with E-state index in [9.17, 15) is 4.79 Å². The van der Waals surface area contributed by atoms with Crippen LogP contribution < -0.4 is 9.47 Å². The normalized spacial score (nSPS) is 22.2. The van der Waals surface area contributed by atoms with Crippen molar-refractivity contribution in [2.75, 3.05) is 34.0 Å². The van der Waals surface area contributed by atoms with Crippen LogP contribution in [0.2, 0.25) is 0 Å². The van der Waals surface area contributed by atoms with Crippen molar-refractivity contribution in [2.24, 2.45) is 0 Å². The van der Waals surface area contributed by atoms with Gasteiger partial charge >= 0.3 is 0 Å². The van der Waals surface area contributed by atoms with Gasteiger partial charge in [0.25, 0.3) is 5.91 Å². The average molecular weight is 321 g/mol. The van der Waals surface area contributed by atoms with Gasteiger partial charge in [0.1, 0.15) is 11.5 Å². The summed E-state index contributed by atoms with van der Waals surface area (Å²) in [4.78, 5) is 15.0. The molecule has 2 heterocycles. The molecule has 6 nitrogen and oxygen atoms in total. The van der Waals surface area contributed by atoms with E-state index in [1.165, 1.54) is 0 Å². The lowest BCUT2D eigenvalue weighted by Gasteiger charge is -2.38. The van der Waals surface area contributed by atoms with E-state index in [-0.39, 0.29) is 18.2 Å². The summed E-state index contributed by atoms with van der Waals surface area (Å²) in [6, 6.07) is 5.22. The highest BCUT2D eigenvalue weighted by molar-refractivity contribution is 5.97. The molecule has 2 aliphatic rings. The highest BCUT2D eigenvalue weighted by Gasteiger charge is 2.37. The first kappa shape index (κ1) is 16.1. The lowest BCUT2D eigenvalue weighted by Crippen LogP contribution is -2.50. The van der Waals surface area contributed by atoms with Crippen molar-refractivity contribution in [3.63, 3.8) is 0 Å². The fraction of sp³-hybridized carbons (Fsp3) is 0.588. The minimum atomic E-state index is -0.323. The number of benzene rings is 1. The Morgan fingerprint density at radius 3 is 2.65 bits per heavy atom. The molecule has 6 heteroatoms. The van der Waals surface area contributed by atoms with Gasteiger partial charge in [0.05, 0.1) is 39.0 Å². The van der Waals surface area contributed by atoms with Crippen molar-refractivity contribution in [1.82, 2.24) is 4.90 Å². The third kappa shape index (κ3) is 3.28. The molecule has 1 aromatic rings. The van der Waals surface area contributed by atoms with Gasteiger partial charge in [0, 0.05) is 6.54 Å². The number of hydrogen-bond donors (Lipinski definition) is 0. The SMILES string of the molecule is COc1ccc(OC)c(C(=O)N2CCCC[C@@H]2C2OCCO2)c1. The number of carbonyl (C=O) groups excluding carboxylic acids is 1. The van der Waals surface area contributed by atoms with Crippen LogP contribution in [0.15, 0.2) is 18.2 Å². The first-order valence-electron chi connectivity index (χ1n) is 8.01. The fourth-order valence-electron chi connectivity index (χ4n) is 3.23. The summed E-state index contributed by atoms with van der Waals surface area (Å²) in [5, 5.41) is 0. The summed E-state index contributed by atoms with van der Waals surface area (Å²) in [5.74, 6) is 1.12. The molecule has 0 N–H and O–H groups in total. The number of ether oxygens (including phenoxy) is 4. The second kappa shape index (κ2) is 7.19. The Labute approximate surface area is 136 Å². The van der Waals surface area contributed by atoms with Gasteiger partial charge in [-0.2, -0.15) is 0 Å². The van der Waals surface area contributed by atoms with Crippen LogP contribution in [0.3, 0.4) is 0 Å². The van der Waals surface area contributed by atoms with Gasteiger partial charge in [-0.05, 0) is 37.5 Å². The first-order chi connectivity index (χ1) is 11.2. The summed E-state index contributed by atoms with van der Waals surface area (Å²) >= 11 is 0. The highest BCUT2D eigenvalue weighted by Crippen LogP contribution is 2.30. The fourth-order valence-corrected chi connectivity index (χ4v) is 3.23. The van der Waals surface area contributed by atoms with Gasteiger partial charge < -0.3 is 23.8 Å². The minimum Gasteiger partial charge on any atom is -0.497 e. The predicted octanol–water partition coefficient (Wildman–Crippen LogP) is 2.07. The van der Waals surface area contributed by atoms with E-state index < -0.39 is 0 Å². The Bertz CT molecular complexity index is 556. The lowest BCUT2D eigenvalue weighted by molar-refractivity contribution is -0.100. The summed E-state index contributed by atoms with van der Waals surface area (Å²) in [7, 11) is 3.15. The van der Waals surface area contributed by atoms with Crippen LogP contribution in [0.5, 0.6) is 11.5 Å². The molecule has 0 aromatic heterocycles. The van der Waals surface area contributed by atoms with Crippen molar-refractivity contribution in [3.05, 3.63) is 23.8 Å². The van der Waals surface area contributed by atoms with E-state index in [4.69, 9.17) is 18.9 Å². The van der Waals surface area contributed by atoms with Crippen LogP contribution in [-0.4, -0.2) is 57.1 Å². The predicted molar refractivity (Wildman–Crippen MR) is 83.9 cm³/mol. The summed E-state index contributed by atoms with van der Waals surface area (Å²) in [6.45, 7) is 1.88. The maximum absolute atomic E-state index is 13.1. The van der Waals surface area contributed by atoms with Gasteiger partial charge in [-0.15, -0.1) is 0 Å². The van der Waals surface area contributed by atoms with Gasteiger partial charge in [-0.1, -0.05) is 0 Å². The Morgan fingerprint density at radius 2 is 1.96 bits per heavy atom. The summed E-state index contributed by atoms with van der Waals surface area (Å²) in [6.07, 6.45) is 2.63. The smallest absolute Gasteiger partial charge is 0.258 e. The Balaban J connectivity index is 1.87. The van der Waals surface area contributed by atoms with Crippen LogP contribution in [0, 0.1) is 0 Å². The van der Waals surface area contributed by atoms with Crippen LogP contribution >= 0.6 is 0 Å². The molecule has 0 aliphatic carbocycles. The standard InChI is InChI=1S/C17H23NO5/c1-20-12-6-7-15(21-2)13(11-12)16(19)18-8-4-3-5-14(18)17-22-9-10-23-17/h6-7,11,14,17H,3-5,8-10H2,1-2H3/t14-/m1/s1. The van der Waals surface area contributed by atoms with E-state index in [2.05, 4.69) is 0 Å². The Hall–Kier alpha value is -1.79. The maximum Gasteiger partial charge on any atom is 0.258 e. The molecule has 2 aliphatic heterocycles. The second-order valence-corrected chi connectivity index (χ2v) is 5.74. The van der Waals surface area contributed by atoms with E-state index in [1.807, 2.05) is 4.90 Å². The van der Waals surface area contributed by atoms with E-state index in [0.29, 0.717) is 36.8 Å². The molecule has 2 fully saturated rings. The zero-order valence-corrected chi connectivity index (χ0v) is 13.6. The number of rotatable bonds is 4. The number of amides is 1. The average Bonchev–Trinajstić information content (AvgIpc) is 3.15. The van der Waals surface area contributed by atoms with Crippen molar-refractivity contribution in [3.8, 4) is 11.5 Å². The molecule has 23 heavy (non-hydrogen) atoms. The van der Waals surface area contributed by atoms with E-state index in [0.717, 1.165) is 19.3 Å². The topological polar surface area (TPSA) is 57.2 Å². The van der Waals surface area contributed by atoms with Crippen molar-refractivity contribution in [1.29, 1.82) is 0 Å². The van der Waals surface area contributed by atoms with E-state index >= 15 is 0 Å². The van der Waals surface area contributed by atoms with Crippen LogP contribution in [-0.2, 0) is 9.47 Å². The highest BCUT2D eigenvalue weighted by atomic mass is 16.7. The third-order valence-electron chi connectivity index (χ3n) is 4.41. The Kier molecular flexibility index (Phi) is 5.03. The molecule has 1 amide bonds. The quantitative estimate of drug-likeness (QED) is 0.850. The molecule has 0 unspecified atom stereocenters. The number of piperidine rings is 1. The molecule has 0 saturated carbocycles. The van der Waals surface area contributed by atoms with Crippen molar-refractivity contribution >= 4 is 5.91 Å². The van der Waals surface area contributed by atoms with Crippen LogP contribution in [0.25, 0.3) is 0 Å². The van der Waals surface area contributed by atoms with Gasteiger partial charge in [0.2, 0.25) is 0 Å². The van der Waals surface area contributed by atoms with Crippen molar-refractivity contribution < 1.29 is 23.7 Å². The van der Waals surface area contributed by atoms with Crippen molar-refractivity contribution in [2.45, 2.75) is 31.6 Å². The molecule has 2 saturated heterocycles. The monoisotopic (exact) mass is 321 g/mol. The first-order valence-corrected chi connectivity index (χ1v) is 8.01. The number of hydrogen-bond acceptors (Lipinski definition) is 5. The summed E-state index contributed by atoms with van der Waals surface area (Å²) in [5.41, 5.74) is 0.511. The number of methoxy groups -OCH3 is 2. The summed E-state index contributed by atoms with van der Waals surface area (Å²) < 4.78 is 21.9. The second-order valence-electron chi connectivity index (χ2n) is 5.74. The van der Waals surface area contributed by atoms with Gasteiger partial charge in [-0.3, -0.25) is 4.79 Å². The Morgan fingerprint density at radius 1 is 1.17 bits per heavy atom. The molecule has 0 spiro atoms. The van der Waals surface area contributed by atoms with E-state index in [1.54, 1.807) is 32.4 Å². The number of likely N-dealkylation sites (tertiary alicyclic amines) is 1. The molecular weight excluding hydrogens is 298 g/mol. The van der Waals surface area contributed by atoms with Gasteiger partial charge in [0.15, 0.2) is 6.29 Å². The van der Waals surface area contributed by atoms with Gasteiger partial charge in [-0.25, -0.2) is 0 Å². The molecule has 0 bridgehead atoms. The lowest BCUT2D eigenvalue weighted by atomic mass is 10.00. The maximum atomic E-state index is 13.1. The molecule has 1 atom stereocenters. The molecule has 1 aromatic carbocycles. The molecule has 126 valence electrons. The minimum absolute atomic E-state index is 0.0466. The largest absolute Gasteiger partial charge is 0.497 e. The molecule has 0 radical (unpaired) electrons. The number of carbonyl (C=O) groups is 1. The zero-order valence-electron chi connectivity index (χ0n) is 13.6. The number of nitrogens with zero attached hydrogens (tertiary/aromatic N) is 1. The molecular formula is C17H23NO5. The zero-order chi connectivity index (χ0) is 16.2. The third-order valence-corrected chi connectivity index (χ3v) is 4.41. The molecule has 3 rings (SSSR count).